The number of ether oxygens (including phenoxy) is 2. The van der Waals surface area contributed by atoms with Crippen molar-refractivity contribution < 1.29 is 19.1 Å². The van der Waals surface area contributed by atoms with Gasteiger partial charge in [-0.2, -0.15) is 0 Å². The number of para-hydroxylation sites is 1. The molecule has 4 heterocycles. The first-order valence-electron chi connectivity index (χ1n) is 10.8. The standard InChI is InChI=1S/C25H24N2O4/c28-23(27-14-17-6-4-5-7-18(17)15-27)21-20-10-11-25(31-20)16-26(24(29)22(21)25)12-13-30-19-8-2-1-3-9-19/h1-11,20-22H,12-16H2/t20-,21+,22-,25-/m0/s1. The van der Waals surface area contributed by atoms with Crippen LogP contribution in [0.25, 0.3) is 0 Å². The van der Waals surface area contributed by atoms with Crippen LogP contribution in [-0.2, 0) is 27.4 Å². The lowest BCUT2D eigenvalue weighted by atomic mass is 9.76. The normalized spacial score (nSPS) is 30.1. The summed E-state index contributed by atoms with van der Waals surface area (Å²) >= 11 is 0. The van der Waals surface area contributed by atoms with Crippen molar-refractivity contribution in [2.75, 3.05) is 19.7 Å². The van der Waals surface area contributed by atoms with Crippen LogP contribution >= 0.6 is 0 Å². The van der Waals surface area contributed by atoms with E-state index in [1.807, 2.05) is 59.5 Å². The molecular weight excluding hydrogens is 392 g/mol. The fourth-order valence-corrected chi connectivity index (χ4v) is 5.54. The Kier molecular flexibility index (Phi) is 4.18. The van der Waals surface area contributed by atoms with E-state index in [4.69, 9.17) is 9.47 Å². The number of rotatable bonds is 5. The summed E-state index contributed by atoms with van der Waals surface area (Å²) < 4.78 is 12.0. The van der Waals surface area contributed by atoms with Crippen LogP contribution in [0.5, 0.6) is 5.75 Å². The Morgan fingerprint density at radius 2 is 1.77 bits per heavy atom. The monoisotopic (exact) mass is 416 g/mol. The van der Waals surface area contributed by atoms with Gasteiger partial charge in [0.2, 0.25) is 11.8 Å². The first kappa shape index (κ1) is 18.6. The Morgan fingerprint density at radius 1 is 1.06 bits per heavy atom. The maximum absolute atomic E-state index is 13.5. The van der Waals surface area contributed by atoms with E-state index < -0.39 is 17.4 Å². The zero-order valence-corrected chi connectivity index (χ0v) is 17.1. The van der Waals surface area contributed by atoms with E-state index >= 15 is 0 Å². The van der Waals surface area contributed by atoms with Crippen molar-refractivity contribution in [2.45, 2.75) is 24.8 Å². The van der Waals surface area contributed by atoms with Gasteiger partial charge >= 0.3 is 0 Å². The van der Waals surface area contributed by atoms with Crippen LogP contribution in [0.3, 0.4) is 0 Å². The first-order valence-corrected chi connectivity index (χ1v) is 10.8. The summed E-state index contributed by atoms with van der Waals surface area (Å²) in [6.07, 6.45) is 3.66. The molecule has 0 unspecified atom stereocenters. The molecule has 0 radical (unpaired) electrons. The molecule has 2 aromatic carbocycles. The van der Waals surface area contributed by atoms with Crippen LogP contribution in [0.2, 0.25) is 0 Å². The zero-order chi connectivity index (χ0) is 21.0. The molecule has 2 saturated heterocycles. The Labute approximate surface area is 181 Å². The lowest BCUT2D eigenvalue weighted by molar-refractivity contribution is -0.143. The lowest BCUT2D eigenvalue weighted by Crippen LogP contribution is -2.44. The molecule has 0 N–H and O–H groups in total. The molecule has 2 fully saturated rings. The van der Waals surface area contributed by atoms with Gasteiger partial charge in [-0.25, -0.2) is 0 Å². The smallest absolute Gasteiger partial charge is 0.230 e. The molecule has 1 spiro atoms. The third-order valence-corrected chi connectivity index (χ3v) is 6.99. The second-order valence-corrected chi connectivity index (χ2v) is 8.78. The van der Waals surface area contributed by atoms with E-state index in [0.29, 0.717) is 32.8 Å². The van der Waals surface area contributed by atoms with Crippen molar-refractivity contribution in [3.05, 3.63) is 77.9 Å². The molecule has 0 aromatic heterocycles. The maximum atomic E-state index is 13.5. The summed E-state index contributed by atoms with van der Waals surface area (Å²) in [5, 5.41) is 0. The van der Waals surface area contributed by atoms with Gasteiger partial charge in [-0.05, 0) is 23.3 Å². The number of nitrogens with zero attached hydrogens (tertiary/aromatic N) is 2. The second kappa shape index (κ2) is 6.95. The minimum absolute atomic E-state index is 0.00132. The summed E-state index contributed by atoms with van der Waals surface area (Å²) in [4.78, 5) is 30.5. The predicted molar refractivity (Wildman–Crippen MR) is 113 cm³/mol. The van der Waals surface area contributed by atoms with Gasteiger partial charge in [-0.1, -0.05) is 54.6 Å². The summed E-state index contributed by atoms with van der Waals surface area (Å²) in [6, 6.07) is 17.7. The fraction of sp³-hybridized carbons (Fsp3) is 0.360. The van der Waals surface area contributed by atoms with E-state index in [1.54, 1.807) is 4.90 Å². The number of benzene rings is 2. The molecule has 0 saturated carbocycles. The number of hydrogen-bond acceptors (Lipinski definition) is 4. The van der Waals surface area contributed by atoms with Crippen molar-refractivity contribution >= 4 is 11.8 Å². The molecule has 4 aliphatic rings. The lowest BCUT2D eigenvalue weighted by Gasteiger charge is -2.27. The number of carbonyl (C=O) groups is 2. The molecule has 6 rings (SSSR count). The molecule has 31 heavy (non-hydrogen) atoms. The highest BCUT2D eigenvalue weighted by molar-refractivity contribution is 5.93. The molecule has 2 aromatic rings. The van der Waals surface area contributed by atoms with E-state index in [1.165, 1.54) is 11.1 Å². The highest BCUT2D eigenvalue weighted by Gasteiger charge is 2.67. The zero-order valence-electron chi connectivity index (χ0n) is 17.1. The maximum Gasteiger partial charge on any atom is 0.230 e. The molecule has 158 valence electrons. The summed E-state index contributed by atoms with van der Waals surface area (Å²) in [7, 11) is 0. The molecule has 0 aliphatic carbocycles. The van der Waals surface area contributed by atoms with Crippen LogP contribution in [-0.4, -0.2) is 53.0 Å². The van der Waals surface area contributed by atoms with Crippen LogP contribution in [0, 0.1) is 11.8 Å². The van der Waals surface area contributed by atoms with Gasteiger partial charge in [-0.15, -0.1) is 0 Å². The number of amides is 2. The third-order valence-electron chi connectivity index (χ3n) is 6.99. The van der Waals surface area contributed by atoms with E-state index in [0.717, 1.165) is 5.75 Å². The predicted octanol–water partition coefficient (Wildman–Crippen LogP) is 2.39. The molecule has 4 atom stereocenters. The van der Waals surface area contributed by atoms with Crippen molar-refractivity contribution in [1.82, 2.24) is 9.80 Å². The van der Waals surface area contributed by atoms with Crippen LogP contribution in [0.1, 0.15) is 11.1 Å². The first-order chi connectivity index (χ1) is 15.1. The number of hydrogen-bond donors (Lipinski definition) is 0. The van der Waals surface area contributed by atoms with Gasteiger partial charge < -0.3 is 19.3 Å². The molecule has 2 amide bonds. The number of fused-ring (bicyclic) bond motifs is 2. The largest absolute Gasteiger partial charge is 0.492 e. The van der Waals surface area contributed by atoms with Gasteiger partial charge in [0.1, 0.15) is 18.0 Å². The highest BCUT2D eigenvalue weighted by atomic mass is 16.5. The molecule has 2 bridgehead atoms. The molecule has 6 heteroatoms. The summed E-state index contributed by atoms with van der Waals surface area (Å²) in [5.74, 6) is -0.0970. The van der Waals surface area contributed by atoms with Crippen LogP contribution in [0.4, 0.5) is 0 Å². The van der Waals surface area contributed by atoms with Crippen LogP contribution in [0.15, 0.2) is 66.7 Å². The van der Waals surface area contributed by atoms with E-state index in [9.17, 15) is 9.59 Å². The van der Waals surface area contributed by atoms with Gasteiger partial charge in [0.05, 0.1) is 31.0 Å². The van der Waals surface area contributed by atoms with Crippen LogP contribution < -0.4 is 4.74 Å². The van der Waals surface area contributed by atoms with Gasteiger partial charge in [0.25, 0.3) is 0 Å². The molecule has 4 aliphatic heterocycles. The topological polar surface area (TPSA) is 59.1 Å². The van der Waals surface area contributed by atoms with Gasteiger partial charge in [0.15, 0.2) is 0 Å². The second-order valence-electron chi connectivity index (χ2n) is 8.78. The fourth-order valence-electron chi connectivity index (χ4n) is 5.54. The van der Waals surface area contributed by atoms with E-state index in [2.05, 4.69) is 12.1 Å². The minimum Gasteiger partial charge on any atom is -0.492 e. The van der Waals surface area contributed by atoms with E-state index in [-0.39, 0.29) is 17.9 Å². The van der Waals surface area contributed by atoms with Gasteiger partial charge in [-0.3, -0.25) is 9.59 Å². The third kappa shape index (κ3) is 2.89. The molecule has 6 nitrogen and oxygen atoms in total. The van der Waals surface area contributed by atoms with Crippen molar-refractivity contribution in [1.29, 1.82) is 0 Å². The Morgan fingerprint density at radius 3 is 2.52 bits per heavy atom. The number of carbonyl (C=O) groups excluding carboxylic acids is 2. The molecular formula is C25H24N2O4. The number of likely N-dealkylation sites (tertiary alicyclic amines) is 1. The average Bonchev–Trinajstić information content (AvgIpc) is 3.53. The van der Waals surface area contributed by atoms with Crippen molar-refractivity contribution in [3.8, 4) is 5.75 Å². The highest BCUT2D eigenvalue weighted by Crippen LogP contribution is 2.52. The minimum atomic E-state index is -0.679. The quantitative estimate of drug-likeness (QED) is 0.703. The Balaban J connectivity index is 1.17. The Hall–Kier alpha value is -3.12. The van der Waals surface area contributed by atoms with Crippen molar-refractivity contribution in [2.24, 2.45) is 11.8 Å². The Bertz CT molecular complexity index is 1040. The van der Waals surface area contributed by atoms with Crippen molar-refractivity contribution in [3.63, 3.8) is 0 Å². The summed E-state index contributed by atoms with van der Waals surface area (Å²) in [5.41, 5.74) is 1.69. The average molecular weight is 416 g/mol. The SMILES string of the molecule is O=C([C@@H]1[C@@H]2C=C[C@@]3(CN(CCOc4ccccc4)C(=O)[C@H]13)O2)N1Cc2ccccc2C1. The summed E-state index contributed by atoms with van der Waals surface area (Å²) in [6.45, 7) is 2.57. The van der Waals surface area contributed by atoms with Gasteiger partial charge in [0, 0.05) is 13.1 Å².